The number of alkyl halides is 3. The van der Waals surface area contributed by atoms with Crippen LogP contribution in [0.4, 0.5) is 19.2 Å². The monoisotopic (exact) mass is 329 g/mol. The summed E-state index contributed by atoms with van der Waals surface area (Å²) >= 11 is 0. The molecule has 126 valence electrons. The minimum atomic E-state index is -4.26. The number of nitrogens with zero attached hydrogens (tertiary/aromatic N) is 3. The molecule has 1 aromatic carbocycles. The van der Waals surface area contributed by atoms with Crippen molar-refractivity contribution in [3.05, 3.63) is 24.3 Å². The second kappa shape index (κ2) is 6.76. The number of fused-ring (bicyclic) bond motifs is 1. The molecule has 0 saturated carbocycles. The Labute approximate surface area is 131 Å². The van der Waals surface area contributed by atoms with E-state index in [9.17, 15) is 13.2 Å². The number of aromatic nitrogens is 1. The van der Waals surface area contributed by atoms with Gasteiger partial charge in [0.1, 0.15) is 12.1 Å². The maximum absolute atomic E-state index is 12.0. The van der Waals surface area contributed by atoms with Gasteiger partial charge in [0, 0.05) is 32.7 Å². The Morgan fingerprint density at radius 3 is 2.57 bits per heavy atom. The molecule has 3 rings (SSSR count). The number of hydrogen-bond acceptors (Lipinski definition) is 5. The smallest absolute Gasteiger partial charge is 0.411 e. The van der Waals surface area contributed by atoms with Crippen molar-refractivity contribution in [1.29, 1.82) is 0 Å². The lowest BCUT2D eigenvalue weighted by atomic mass is 10.3. The third-order valence-corrected chi connectivity index (χ3v) is 3.74. The van der Waals surface area contributed by atoms with Crippen LogP contribution in [0.2, 0.25) is 0 Å². The van der Waals surface area contributed by atoms with E-state index in [2.05, 4.69) is 14.6 Å². The minimum Gasteiger partial charge on any atom is -0.423 e. The summed E-state index contributed by atoms with van der Waals surface area (Å²) in [6.45, 7) is 2.34. The van der Waals surface area contributed by atoms with Crippen LogP contribution in [0.15, 0.2) is 28.7 Å². The van der Waals surface area contributed by atoms with E-state index < -0.39 is 12.8 Å². The Morgan fingerprint density at radius 1 is 1.13 bits per heavy atom. The summed E-state index contributed by atoms with van der Waals surface area (Å²) < 4.78 is 46.3. The van der Waals surface area contributed by atoms with Crippen molar-refractivity contribution >= 4 is 17.1 Å². The fourth-order valence-corrected chi connectivity index (χ4v) is 2.54. The van der Waals surface area contributed by atoms with Gasteiger partial charge in [0.15, 0.2) is 5.58 Å². The second-order valence-electron chi connectivity index (χ2n) is 5.46. The zero-order valence-corrected chi connectivity index (χ0v) is 12.6. The number of benzene rings is 1. The van der Waals surface area contributed by atoms with E-state index in [-0.39, 0.29) is 6.61 Å². The van der Waals surface area contributed by atoms with Crippen LogP contribution in [0.3, 0.4) is 0 Å². The fraction of sp³-hybridized carbons (Fsp3) is 0.533. The zero-order chi connectivity index (χ0) is 16.3. The molecule has 2 aromatic rings. The van der Waals surface area contributed by atoms with Crippen LogP contribution in [0.25, 0.3) is 11.1 Å². The van der Waals surface area contributed by atoms with Crippen molar-refractivity contribution in [2.75, 3.05) is 50.8 Å². The molecule has 0 spiro atoms. The van der Waals surface area contributed by atoms with Crippen LogP contribution < -0.4 is 4.90 Å². The van der Waals surface area contributed by atoms with Gasteiger partial charge in [-0.2, -0.15) is 18.2 Å². The molecule has 1 aliphatic heterocycles. The molecule has 0 aliphatic carbocycles. The lowest BCUT2D eigenvalue weighted by Crippen LogP contribution is -2.47. The van der Waals surface area contributed by atoms with Crippen molar-refractivity contribution in [1.82, 2.24) is 9.88 Å². The molecular weight excluding hydrogens is 311 g/mol. The second-order valence-corrected chi connectivity index (χ2v) is 5.46. The highest BCUT2D eigenvalue weighted by atomic mass is 19.4. The Kier molecular flexibility index (Phi) is 4.72. The normalized spacial score (nSPS) is 17.1. The van der Waals surface area contributed by atoms with Gasteiger partial charge in [0.25, 0.3) is 6.01 Å². The molecule has 23 heavy (non-hydrogen) atoms. The Balaban J connectivity index is 1.45. The molecule has 1 aliphatic rings. The average Bonchev–Trinajstić information content (AvgIpc) is 2.95. The van der Waals surface area contributed by atoms with E-state index >= 15 is 0 Å². The summed E-state index contributed by atoms with van der Waals surface area (Å²) in [5.74, 6) is 0. The van der Waals surface area contributed by atoms with E-state index in [1.165, 1.54) is 0 Å². The van der Waals surface area contributed by atoms with Gasteiger partial charge in [-0.05, 0) is 12.1 Å². The molecule has 0 radical (unpaired) electrons. The summed E-state index contributed by atoms with van der Waals surface area (Å²) in [6.07, 6.45) is -4.26. The highest BCUT2D eigenvalue weighted by molar-refractivity contribution is 5.74. The number of halogens is 3. The van der Waals surface area contributed by atoms with Crippen LogP contribution in [0.5, 0.6) is 0 Å². The Bertz CT molecular complexity index is 603. The largest absolute Gasteiger partial charge is 0.423 e. The van der Waals surface area contributed by atoms with E-state index in [0.29, 0.717) is 12.6 Å². The van der Waals surface area contributed by atoms with Gasteiger partial charge in [-0.15, -0.1) is 0 Å². The number of hydrogen-bond donors (Lipinski definition) is 0. The summed E-state index contributed by atoms with van der Waals surface area (Å²) in [7, 11) is 0. The lowest BCUT2D eigenvalue weighted by molar-refractivity contribution is -0.174. The SMILES string of the molecule is FC(F)(F)COCCN1CCN(c2nc3ccccc3o2)CC1. The molecule has 0 unspecified atom stereocenters. The number of para-hydroxylation sites is 2. The van der Waals surface area contributed by atoms with Crippen LogP contribution in [-0.2, 0) is 4.74 Å². The number of ether oxygens (including phenoxy) is 1. The molecule has 1 fully saturated rings. The van der Waals surface area contributed by atoms with E-state index in [1.807, 2.05) is 29.2 Å². The van der Waals surface area contributed by atoms with Gasteiger partial charge in [-0.25, -0.2) is 0 Å². The molecule has 8 heteroatoms. The van der Waals surface area contributed by atoms with Gasteiger partial charge in [0.05, 0.1) is 6.61 Å². The first-order chi connectivity index (χ1) is 11.0. The molecule has 1 aromatic heterocycles. The Hall–Kier alpha value is -1.80. The standard InChI is InChI=1S/C15H18F3N3O2/c16-15(17,18)11-22-10-9-20-5-7-21(8-6-20)14-19-12-3-1-2-4-13(12)23-14/h1-4H,5-11H2. The van der Waals surface area contributed by atoms with Crippen molar-refractivity contribution < 1.29 is 22.3 Å². The number of rotatable bonds is 5. The van der Waals surface area contributed by atoms with Gasteiger partial charge in [-0.3, -0.25) is 4.90 Å². The van der Waals surface area contributed by atoms with Crippen molar-refractivity contribution in [3.63, 3.8) is 0 Å². The molecular formula is C15H18F3N3O2. The van der Waals surface area contributed by atoms with Crippen LogP contribution in [-0.4, -0.2) is 62.0 Å². The van der Waals surface area contributed by atoms with Gasteiger partial charge in [0.2, 0.25) is 0 Å². The van der Waals surface area contributed by atoms with Crippen LogP contribution in [0.1, 0.15) is 0 Å². The molecule has 0 amide bonds. The molecule has 0 N–H and O–H groups in total. The van der Waals surface area contributed by atoms with Gasteiger partial charge < -0.3 is 14.1 Å². The fourth-order valence-electron chi connectivity index (χ4n) is 2.54. The summed E-state index contributed by atoms with van der Waals surface area (Å²) in [4.78, 5) is 8.58. The lowest BCUT2D eigenvalue weighted by Gasteiger charge is -2.33. The van der Waals surface area contributed by atoms with Gasteiger partial charge >= 0.3 is 6.18 Å². The predicted molar refractivity (Wildman–Crippen MR) is 79.5 cm³/mol. The third kappa shape index (κ3) is 4.35. The number of anilines is 1. The highest BCUT2D eigenvalue weighted by Gasteiger charge is 2.27. The predicted octanol–water partition coefficient (Wildman–Crippen LogP) is 2.53. The average molecular weight is 329 g/mol. The Morgan fingerprint density at radius 2 is 1.87 bits per heavy atom. The maximum Gasteiger partial charge on any atom is 0.411 e. The molecule has 5 nitrogen and oxygen atoms in total. The van der Waals surface area contributed by atoms with Crippen molar-refractivity contribution in [2.24, 2.45) is 0 Å². The third-order valence-electron chi connectivity index (χ3n) is 3.74. The topological polar surface area (TPSA) is 41.7 Å². The number of piperazine rings is 1. The minimum absolute atomic E-state index is 0.0857. The molecule has 0 atom stereocenters. The van der Waals surface area contributed by atoms with Gasteiger partial charge in [-0.1, -0.05) is 12.1 Å². The molecule has 1 saturated heterocycles. The summed E-state index contributed by atoms with van der Waals surface area (Å²) in [6, 6.07) is 8.18. The molecule has 0 bridgehead atoms. The van der Waals surface area contributed by atoms with E-state index in [4.69, 9.17) is 4.42 Å². The maximum atomic E-state index is 12.0. The first-order valence-corrected chi connectivity index (χ1v) is 7.49. The summed E-state index contributed by atoms with van der Waals surface area (Å²) in [5, 5.41) is 0. The first kappa shape index (κ1) is 16.1. The van der Waals surface area contributed by atoms with E-state index in [1.54, 1.807) is 0 Å². The van der Waals surface area contributed by atoms with Crippen LogP contribution >= 0.6 is 0 Å². The van der Waals surface area contributed by atoms with Crippen molar-refractivity contribution in [3.8, 4) is 0 Å². The van der Waals surface area contributed by atoms with Crippen LogP contribution in [0, 0.1) is 0 Å². The van der Waals surface area contributed by atoms with E-state index in [0.717, 1.165) is 37.3 Å². The quantitative estimate of drug-likeness (QED) is 0.789. The summed E-state index contributed by atoms with van der Waals surface area (Å²) in [5.41, 5.74) is 1.58. The first-order valence-electron chi connectivity index (χ1n) is 7.49. The molecule has 2 heterocycles. The zero-order valence-electron chi connectivity index (χ0n) is 12.6. The number of oxazole rings is 1. The highest BCUT2D eigenvalue weighted by Crippen LogP contribution is 2.22. The van der Waals surface area contributed by atoms with Crippen molar-refractivity contribution in [2.45, 2.75) is 6.18 Å².